The Morgan fingerprint density at radius 1 is 1.28 bits per heavy atom. The monoisotopic (exact) mass is 245 g/mol. The van der Waals surface area contributed by atoms with Crippen LogP contribution in [0.15, 0.2) is 24.3 Å². The Balaban J connectivity index is 2.32. The molecule has 0 saturated heterocycles. The second-order valence-electron chi connectivity index (χ2n) is 4.87. The van der Waals surface area contributed by atoms with Crippen LogP contribution in [0.25, 0.3) is 10.9 Å². The topological polar surface area (TPSA) is 43.8 Å². The van der Waals surface area contributed by atoms with Crippen LogP contribution < -0.4 is 5.73 Å². The number of nitrogens with two attached hydrogens (primary N) is 1. The predicted octanol–water partition coefficient (Wildman–Crippen LogP) is 2.97. The predicted molar refractivity (Wildman–Crippen MR) is 76.6 cm³/mol. The fraction of sp³-hybridized carbons (Fsp3) is 0.533. The molecule has 1 unspecified atom stereocenters. The Morgan fingerprint density at radius 3 is 2.72 bits per heavy atom. The van der Waals surface area contributed by atoms with Crippen LogP contribution in [0.5, 0.6) is 0 Å². The highest BCUT2D eigenvalue weighted by atomic mass is 15.3. The Hall–Kier alpha value is -1.35. The van der Waals surface area contributed by atoms with Crippen molar-refractivity contribution in [1.29, 1.82) is 0 Å². The molecule has 3 heteroatoms. The van der Waals surface area contributed by atoms with Crippen LogP contribution in [0.1, 0.15) is 32.4 Å². The van der Waals surface area contributed by atoms with Crippen LogP contribution in [-0.2, 0) is 13.0 Å². The van der Waals surface area contributed by atoms with E-state index >= 15 is 0 Å². The number of benzene rings is 1. The van der Waals surface area contributed by atoms with E-state index in [0.29, 0.717) is 5.92 Å². The summed E-state index contributed by atoms with van der Waals surface area (Å²) in [5.41, 5.74) is 8.30. The summed E-state index contributed by atoms with van der Waals surface area (Å²) in [4.78, 5) is 0. The molecule has 0 spiro atoms. The summed E-state index contributed by atoms with van der Waals surface area (Å²) >= 11 is 0. The van der Waals surface area contributed by atoms with Crippen molar-refractivity contribution in [1.82, 2.24) is 9.78 Å². The lowest BCUT2D eigenvalue weighted by Gasteiger charge is -2.11. The van der Waals surface area contributed by atoms with Gasteiger partial charge in [-0.25, -0.2) is 0 Å². The van der Waals surface area contributed by atoms with Crippen LogP contribution in [0.4, 0.5) is 0 Å². The van der Waals surface area contributed by atoms with Gasteiger partial charge in [0.1, 0.15) is 0 Å². The van der Waals surface area contributed by atoms with E-state index in [0.717, 1.165) is 19.5 Å². The van der Waals surface area contributed by atoms with Crippen molar-refractivity contribution in [2.75, 3.05) is 6.54 Å². The van der Waals surface area contributed by atoms with E-state index in [-0.39, 0.29) is 0 Å². The quantitative estimate of drug-likeness (QED) is 0.850. The van der Waals surface area contributed by atoms with E-state index in [4.69, 9.17) is 10.8 Å². The molecule has 0 bridgehead atoms. The van der Waals surface area contributed by atoms with Gasteiger partial charge in [0.25, 0.3) is 0 Å². The van der Waals surface area contributed by atoms with Gasteiger partial charge in [-0.15, -0.1) is 0 Å². The molecule has 1 heterocycles. The normalized spacial score (nSPS) is 13.1. The molecule has 3 nitrogen and oxygen atoms in total. The van der Waals surface area contributed by atoms with Crippen LogP contribution in [-0.4, -0.2) is 16.3 Å². The molecule has 1 atom stereocenters. The number of aromatic nitrogens is 2. The van der Waals surface area contributed by atoms with Gasteiger partial charge >= 0.3 is 0 Å². The standard InChI is InChI=1S/C15H23N3/c1-3-7-12(11-16)10-14-13-8-5-6-9-15(13)18(4-2)17-14/h5-6,8-9,12H,3-4,7,10-11,16H2,1-2H3. The molecule has 1 aromatic heterocycles. The summed E-state index contributed by atoms with van der Waals surface area (Å²) in [7, 11) is 0. The average Bonchev–Trinajstić information content (AvgIpc) is 2.76. The first-order valence-electron chi connectivity index (χ1n) is 6.94. The summed E-state index contributed by atoms with van der Waals surface area (Å²) in [5, 5.41) is 6.02. The largest absolute Gasteiger partial charge is 0.330 e. The smallest absolute Gasteiger partial charge is 0.0706 e. The molecule has 0 aliphatic carbocycles. The molecule has 18 heavy (non-hydrogen) atoms. The Bertz CT molecular complexity index is 501. The third-order valence-corrected chi connectivity index (χ3v) is 3.55. The number of hydrogen-bond acceptors (Lipinski definition) is 2. The fourth-order valence-corrected chi connectivity index (χ4v) is 2.57. The van der Waals surface area contributed by atoms with Crippen LogP contribution in [0.2, 0.25) is 0 Å². The maximum atomic E-state index is 5.86. The highest BCUT2D eigenvalue weighted by molar-refractivity contribution is 5.81. The van der Waals surface area contributed by atoms with E-state index in [9.17, 15) is 0 Å². The van der Waals surface area contributed by atoms with Crippen molar-refractivity contribution in [3.05, 3.63) is 30.0 Å². The SMILES string of the molecule is CCCC(CN)Cc1nn(CC)c2ccccc12. The first kappa shape index (κ1) is 13.1. The lowest BCUT2D eigenvalue weighted by molar-refractivity contribution is 0.479. The zero-order chi connectivity index (χ0) is 13.0. The van der Waals surface area contributed by atoms with E-state index in [1.807, 2.05) is 0 Å². The minimum Gasteiger partial charge on any atom is -0.330 e. The summed E-state index contributed by atoms with van der Waals surface area (Å²) in [6, 6.07) is 8.48. The molecule has 0 amide bonds. The highest BCUT2D eigenvalue weighted by Crippen LogP contribution is 2.22. The minimum atomic E-state index is 0.554. The molecule has 0 aliphatic heterocycles. The number of aryl methyl sites for hydroxylation is 1. The van der Waals surface area contributed by atoms with Crippen LogP contribution in [0.3, 0.4) is 0 Å². The fourth-order valence-electron chi connectivity index (χ4n) is 2.57. The van der Waals surface area contributed by atoms with Crippen molar-refractivity contribution < 1.29 is 0 Å². The molecule has 0 fully saturated rings. The summed E-state index contributed by atoms with van der Waals surface area (Å²) in [6.07, 6.45) is 3.37. The lowest BCUT2D eigenvalue weighted by Crippen LogP contribution is -2.17. The first-order chi connectivity index (χ1) is 8.80. The molecular formula is C15H23N3. The number of fused-ring (bicyclic) bond motifs is 1. The number of rotatable bonds is 6. The van der Waals surface area contributed by atoms with Gasteiger partial charge < -0.3 is 5.73 Å². The van der Waals surface area contributed by atoms with Gasteiger partial charge in [-0.1, -0.05) is 31.5 Å². The van der Waals surface area contributed by atoms with Crippen LogP contribution in [0, 0.1) is 5.92 Å². The maximum absolute atomic E-state index is 5.86. The van der Waals surface area contributed by atoms with Crippen molar-refractivity contribution in [3.63, 3.8) is 0 Å². The Labute approximate surface area is 109 Å². The van der Waals surface area contributed by atoms with E-state index in [2.05, 4.69) is 42.8 Å². The van der Waals surface area contributed by atoms with Crippen molar-refractivity contribution in [2.24, 2.45) is 11.7 Å². The Kier molecular flexibility index (Phi) is 4.37. The number of para-hydroxylation sites is 1. The molecule has 1 aromatic carbocycles. The van der Waals surface area contributed by atoms with Gasteiger partial charge in [-0.05, 0) is 38.3 Å². The van der Waals surface area contributed by atoms with Crippen LogP contribution >= 0.6 is 0 Å². The van der Waals surface area contributed by atoms with Crippen molar-refractivity contribution >= 4 is 10.9 Å². The Morgan fingerprint density at radius 2 is 2.06 bits per heavy atom. The number of hydrogen-bond donors (Lipinski definition) is 1. The zero-order valence-corrected chi connectivity index (χ0v) is 11.4. The van der Waals surface area contributed by atoms with E-state index in [1.165, 1.54) is 29.4 Å². The molecule has 98 valence electrons. The molecule has 0 radical (unpaired) electrons. The molecule has 2 rings (SSSR count). The molecule has 2 N–H and O–H groups in total. The third kappa shape index (κ3) is 2.56. The van der Waals surface area contributed by atoms with Gasteiger partial charge in [0.2, 0.25) is 0 Å². The zero-order valence-electron chi connectivity index (χ0n) is 11.4. The van der Waals surface area contributed by atoms with Gasteiger partial charge in [-0.3, -0.25) is 4.68 Å². The summed E-state index contributed by atoms with van der Waals surface area (Å²) in [6.45, 7) is 6.02. The summed E-state index contributed by atoms with van der Waals surface area (Å²) in [5.74, 6) is 0.554. The number of nitrogens with zero attached hydrogens (tertiary/aromatic N) is 2. The van der Waals surface area contributed by atoms with Gasteiger partial charge in [-0.2, -0.15) is 5.10 Å². The molecule has 0 aliphatic rings. The van der Waals surface area contributed by atoms with E-state index < -0.39 is 0 Å². The third-order valence-electron chi connectivity index (χ3n) is 3.55. The summed E-state index contributed by atoms with van der Waals surface area (Å²) < 4.78 is 2.09. The van der Waals surface area contributed by atoms with Gasteiger partial charge in [0, 0.05) is 11.9 Å². The maximum Gasteiger partial charge on any atom is 0.0706 e. The minimum absolute atomic E-state index is 0.554. The molecular weight excluding hydrogens is 222 g/mol. The second-order valence-corrected chi connectivity index (χ2v) is 4.87. The van der Waals surface area contributed by atoms with E-state index in [1.54, 1.807) is 0 Å². The van der Waals surface area contributed by atoms with Gasteiger partial charge in [0.05, 0.1) is 11.2 Å². The van der Waals surface area contributed by atoms with Gasteiger partial charge in [0.15, 0.2) is 0 Å². The van der Waals surface area contributed by atoms with Crippen molar-refractivity contribution in [2.45, 2.75) is 39.7 Å². The second kappa shape index (κ2) is 6.01. The van der Waals surface area contributed by atoms with Crippen molar-refractivity contribution in [3.8, 4) is 0 Å². The molecule has 0 saturated carbocycles. The lowest BCUT2D eigenvalue weighted by atomic mass is 9.97. The first-order valence-corrected chi connectivity index (χ1v) is 6.94. The highest BCUT2D eigenvalue weighted by Gasteiger charge is 2.13. The molecule has 2 aromatic rings. The average molecular weight is 245 g/mol.